The Morgan fingerprint density at radius 2 is 1.35 bits per heavy atom. The minimum absolute atomic E-state index is 0.143. The molecule has 3 aliphatic rings. The zero-order chi connectivity index (χ0) is 11.9. The maximum atomic E-state index is 13.4. The molecule has 3 fully saturated rings. The molecule has 0 radical (unpaired) electrons. The average molecular weight is 256 g/mol. The Kier molecular flexibility index (Phi) is 3.38. The second-order valence-corrected chi connectivity index (χ2v) is 9.81. The highest BCUT2D eigenvalue weighted by molar-refractivity contribution is 7.65. The van der Waals surface area contributed by atoms with Gasteiger partial charge in [-0.05, 0) is 37.5 Å². The number of aliphatic hydroxyl groups is 1. The first-order valence-electron chi connectivity index (χ1n) is 7.46. The van der Waals surface area contributed by atoms with Crippen LogP contribution in [-0.2, 0) is 4.57 Å². The van der Waals surface area contributed by atoms with E-state index in [1.807, 2.05) is 0 Å². The molecule has 98 valence electrons. The van der Waals surface area contributed by atoms with Crippen LogP contribution < -0.4 is 0 Å². The van der Waals surface area contributed by atoms with Gasteiger partial charge >= 0.3 is 0 Å². The van der Waals surface area contributed by atoms with E-state index >= 15 is 0 Å². The summed E-state index contributed by atoms with van der Waals surface area (Å²) in [5, 5.41) is 9.30. The van der Waals surface area contributed by atoms with E-state index in [0.29, 0.717) is 17.5 Å². The Hall–Kier alpha value is 0.190. The zero-order valence-corrected chi connectivity index (χ0v) is 11.6. The van der Waals surface area contributed by atoms with E-state index < -0.39 is 7.14 Å². The Balaban J connectivity index is 1.92. The molecule has 0 aromatic heterocycles. The van der Waals surface area contributed by atoms with Crippen LogP contribution in [0, 0.1) is 11.8 Å². The molecule has 4 unspecified atom stereocenters. The molecule has 2 nitrogen and oxygen atoms in total. The van der Waals surface area contributed by atoms with Gasteiger partial charge in [0.15, 0.2) is 0 Å². The predicted octanol–water partition coefficient (Wildman–Crippen LogP) is 3.47. The van der Waals surface area contributed by atoms with Crippen molar-refractivity contribution < 1.29 is 9.67 Å². The van der Waals surface area contributed by atoms with E-state index in [1.54, 1.807) is 0 Å². The summed E-state index contributed by atoms with van der Waals surface area (Å²) in [5.41, 5.74) is 0.994. The fourth-order valence-corrected chi connectivity index (χ4v) is 9.84. The average Bonchev–Trinajstić information content (AvgIpc) is 2.62. The number of aliphatic hydroxyl groups excluding tert-OH is 1. The smallest absolute Gasteiger partial charge is 0.0963 e. The summed E-state index contributed by atoms with van der Waals surface area (Å²) in [7, 11) is -2.08. The van der Waals surface area contributed by atoms with Gasteiger partial charge in [-0.25, -0.2) is 0 Å². The van der Waals surface area contributed by atoms with Crippen LogP contribution in [0.1, 0.15) is 51.4 Å². The van der Waals surface area contributed by atoms with E-state index in [9.17, 15) is 9.67 Å². The Labute approximate surface area is 105 Å². The van der Waals surface area contributed by atoms with Gasteiger partial charge in [-0.15, -0.1) is 0 Å². The van der Waals surface area contributed by atoms with Crippen molar-refractivity contribution in [2.45, 2.75) is 62.7 Å². The fourth-order valence-electron chi connectivity index (χ4n) is 5.10. The molecule has 0 spiro atoms. The van der Waals surface area contributed by atoms with Crippen molar-refractivity contribution >= 4 is 7.14 Å². The molecule has 0 aromatic rings. The van der Waals surface area contributed by atoms with Crippen molar-refractivity contribution in [3.05, 3.63) is 0 Å². The predicted molar refractivity (Wildman–Crippen MR) is 71.1 cm³/mol. The number of hydrogen-bond donors (Lipinski definition) is 1. The van der Waals surface area contributed by atoms with Crippen LogP contribution in [0.4, 0.5) is 0 Å². The molecule has 3 heteroatoms. The standard InChI is InChI=1S/C14H25O2P/c15-9-10-17(16)13-7-3-1-5-11(13)12-6-2-4-8-14(12)17/h11-15H,1-10H2. The molecule has 1 heterocycles. The van der Waals surface area contributed by atoms with E-state index in [0.717, 1.165) is 11.8 Å². The third-order valence-corrected chi connectivity index (χ3v) is 10.1. The van der Waals surface area contributed by atoms with Crippen LogP contribution >= 0.6 is 7.14 Å². The summed E-state index contributed by atoms with van der Waals surface area (Å²) in [4.78, 5) is 0. The largest absolute Gasteiger partial charge is 0.396 e. The van der Waals surface area contributed by atoms with Crippen LogP contribution in [-0.4, -0.2) is 29.2 Å². The first-order valence-corrected chi connectivity index (χ1v) is 9.49. The number of hydrogen-bond acceptors (Lipinski definition) is 2. The molecule has 3 rings (SSSR count). The number of fused-ring (bicyclic) bond motifs is 3. The van der Waals surface area contributed by atoms with Crippen LogP contribution in [0.3, 0.4) is 0 Å². The summed E-state index contributed by atoms with van der Waals surface area (Å²) in [5.74, 6) is 1.51. The molecule has 0 bridgehead atoms. The third kappa shape index (κ3) is 1.83. The van der Waals surface area contributed by atoms with Gasteiger partial charge < -0.3 is 9.67 Å². The van der Waals surface area contributed by atoms with Gasteiger partial charge in [0.2, 0.25) is 0 Å². The lowest BCUT2D eigenvalue weighted by Crippen LogP contribution is -2.26. The van der Waals surface area contributed by atoms with Crippen molar-refractivity contribution in [2.24, 2.45) is 11.8 Å². The summed E-state index contributed by atoms with van der Waals surface area (Å²) in [6.07, 6.45) is 10.9. The first-order chi connectivity index (χ1) is 8.27. The van der Waals surface area contributed by atoms with Gasteiger partial charge in [-0.1, -0.05) is 25.7 Å². The molecule has 4 atom stereocenters. The van der Waals surface area contributed by atoms with Gasteiger partial charge in [0.1, 0.15) is 0 Å². The molecule has 2 saturated carbocycles. The minimum Gasteiger partial charge on any atom is -0.396 e. The Morgan fingerprint density at radius 3 is 1.82 bits per heavy atom. The van der Waals surface area contributed by atoms with E-state index in [4.69, 9.17) is 0 Å². The lowest BCUT2D eigenvalue weighted by Gasteiger charge is -2.31. The molecule has 0 aromatic carbocycles. The fraction of sp³-hybridized carbons (Fsp3) is 1.00. The quantitative estimate of drug-likeness (QED) is 0.768. The molecular weight excluding hydrogens is 231 g/mol. The van der Waals surface area contributed by atoms with Crippen LogP contribution in [0.15, 0.2) is 0 Å². The maximum absolute atomic E-state index is 13.4. The van der Waals surface area contributed by atoms with Crippen molar-refractivity contribution in [1.29, 1.82) is 0 Å². The molecule has 0 amide bonds. The lowest BCUT2D eigenvalue weighted by atomic mass is 9.73. The summed E-state index contributed by atoms with van der Waals surface area (Å²) in [6, 6.07) is 0. The Bertz CT molecular complexity index is 302. The molecule has 1 N–H and O–H groups in total. The van der Waals surface area contributed by atoms with E-state index in [-0.39, 0.29) is 6.61 Å². The lowest BCUT2D eigenvalue weighted by molar-refractivity contribution is 0.231. The summed E-state index contributed by atoms with van der Waals surface area (Å²) in [6.45, 7) is 0.143. The number of rotatable bonds is 2. The third-order valence-electron chi connectivity index (χ3n) is 5.69. The van der Waals surface area contributed by atoms with Crippen molar-refractivity contribution in [3.8, 4) is 0 Å². The summed E-state index contributed by atoms with van der Waals surface area (Å²) >= 11 is 0. The van der Waals surface area contributed by atoms with Gasteiger partial charge in [-0.3, -0.25) is 0 Å². The molecule has 1 saturated heterocycles. The normalized spacial score (nSPS) is 49.7. The van der Waals surface area contributed by atoms with Crippen molar-refractivity contribution in [2.75, 3.05) is 12.8 Å². The maximum Gasteiger partial charge on any atom is 0.0963 e. The van der Waals surface area contributed by atoms with Crippen LogP contribution in [0.25, 0.3) is 0 Å². The first kappa shape index (κ1) is 12.2. The highest BCUT2D eigenvalue weighted by Gasteiger charge is 2.57. The van der Waals surface area contributed by atoms with Crippen LogP contribution in [0.2, 0.25) is 0 Å². The molecule has 17 heavy (non-hydrogen) atoms. The van der Waals surface area contributed by atoms with E-state index in [2.05, 4.69) is 0 Å². The molecule has 1 aliphatic heterocycles. The molecule has 2 aliphatic carbocycles. The van der Waals surface area contributed by atoms with Gasteiger partial charge in [0.05, 0.1) is 7.14 Å². The minimum atomic E-state index is -2.08. The SMILES string of the molecule is O=P1(CCO)C2CCCCC2C2CCCCC21. The second-order valence-electron chi connectivity index (χ2n) is 6.33. The Morgan fingerprint density at radius 1 is 0.882 bits per heavy atom. The topological polar surface area (TPSA) is 37.3 Å². The zero-order valence-electron chi connectivity index (χ0n) is 10.7. The highest BCUT2D eigenvalue weighted by Crippen LogP contribution is 2.72. The second kappa shape index (κ2) is 4.70. The monoisotopic (exact) mass is 256 g/mol. The summed E-state index contributed by atoms with van der Waals surface area (Å²) < 4.78 is 13.4. The van der Waals surface area contributed by atoms with Gasteiger partial charge in [-0.2, -0.15) is 0 Å². The van der Waals surface area contributed by atoms with Gasteiger partial charge in [0, 0.05) is 24.1 Å². The van der Waals surface area contributed by atoms with Crippen LogP contribution in [0.5, 0.6) is 0 Å². The van der Waals surface area contributed by atoms with E-state index in [1.165, 1.54) is 51.4 Å². The molecular formula is C14H25O2P. The van der Waals surface area contributed by atoms with Crippen molar-refractivity contribution in [1.82, 2.24) is 0 Å². The van der Waals surface area contributed by atoms with Gasteiger partial charge in [0.25, 0.3) is 0 Å². The van der Waals surface area contributed by atoms with Crippen molar-refractivity contribution in [3.63, 3.8) is 0 Å². The highest BCUT2D eigenvalue weighted by atomic mass is 31.2.